The molecule has 0 radical (unpaired) electrons. The number of hydrogen-bond acceptors (Lipinski definition) is 3. The predicted molar refractivity (Wildman–Crippen MR) is 65.3 cm³/mol. The molecule has 0 heterocycles. The van der Waals surface area contributed by atoms with Crippen molar-refractivity contribution >= 4 is 17.6 Å². The van der Waals surface area contributed by atoms with Crippen LogP contribution in [0, 0.1) is 0 Å². The lowest BCUT2D eigenvalue weighted by atomic mass is 10.0. The highest BCUT2D eigenvalue weighted by Crippen LogP contribution is 2.32. The summed E-state index contributed by atoms with van der Waals surface area (Å²) in [5, 5.41) is 11.0. The minimum Gasteiger partial charge on any atom is -0.478 e. The summed E-state index contributed by atoms with van der Waals surface area (Å²) in [6.07, 6.45) is -4.64. The third kappa shape index (κ3) is 3.70. The third-order valence-corrected chi connectivity index (χ3v) is 2.41. The molecule has 0 unspecified atom stereocenters. The van der Waals surface area contributed by atoms with Crippen molar-refractivity contribution in [3.05, 3.63) is 29.3 Å². The maximum Gasteiger partial charge on any atom is 0.416 e. The molecule has 0 saturated heterocycles. The Kier molecular flexibility index (Phi) is 4.09. The number of carboxylic acid groups (broad SMARTS) is 1. The van der Waals surface area contributed by atoms with Crippen LogP contribution in [0.25, 0.3) is 0 Å². The molecular formula is C12H13F3N2O3. The molecule has 0 bridgehead atoms. The summed E-state index contributed by atoms with van der Waals surface area (Å²) in [7, 11) is 0. The Hall–Kier alpha value is -2.09. The summed E-state index contributed by atoms with van der Waals surface area (Å²) in [5.41, 5.74) is 2.18. The molecule has 0 spiro atoms. The number of carboxylic acids is 1. The number of nitrogens with two attached hydrogens (primary N) is 1. The standard InChI is InChI=1S/C12H13F3N2O3/c1-11(2,16)10(20)17-8-5-6(12(13,14)15)3-4-7(8)9(18)19/h3-5H,16H2,1-2H3,(H,17,20)(H,18,19). The van der Waals surface area contributed by atoms with Crippen LogP contribution in [0.5, 0.6) is 0 Å². The molecule has 0 saturated carbocycles. The molecule has 0 fully saturated rings. The van der Waals surface area contributed by atoms with Crippen LogP contribution in [0.15, 0.2) is 18.2 Å². The zero-order valence-electron chi connectivity index (χ0n) is 10.7. The third-order valence-electron chi connectivity index (χ3n) is 2.41. The molecule has 8 heteroatoms. The quantitative estimate of drug-likeness (QED) is 0.794. The summed E-state index contributed by atoms with van der Waals surface area (Å²) in [6, 6.07) is 1.98. The molecule has 20 heavy (non-hydrogen) atoms. The van der Waals surface area contributed by atoms with Gasteiger partial charge in [-0.1, -0.05) is 0 Å². The molecule has 0 aliphatic carbocycles. The van der Waals surface area contributed by atoms with E-state index in [2.05, 4.69) is 5.32 Å². The Balaban J connectivity index is 3.27. The normalized spacial score (nSPS) is 12.1. The average Bonchev–Trinajstić information content (AvgIpc) is 2.25. The van der Waals surface area contributed by atoms with Crippen molar-refractivity contribution in [1.29, 1.82) is 0 Å². The molecule has 1 aromatic rings. The second kappa shape index (κ2) is 5.12. The first kappa shape index (κ1) is 16.0. The number of aromatic carboxylic acids is 1. The average molecular weight is 290 g/mol. The van der Waals surface area contributed by atoms with Gasteiger partial charge in [0.2, 0.25) is 5.91 Å². The number of nitrogens with one attached hydrogen (secondary N) is 1. The van der Waals surface area contributed by atoms with E-state index in [1.807, 2.05) is 0 Å². The van der Waals surface area contributed by atoms with Gasteiger partial charge in [0.15, 0.2) is 0 Å². The summed E-state index contributed by atoms with van der Waals surface area (Å²) in [5.74, 6) is -2.25. The number of amides is 1. The van der Waals surface area contributed by atoms with E-state index in [-0.39, 0.29) is 0 Å². The Labute approximate surface area is 112 Å². The fraction of sp³-hybridized carbons (Fsp3) is 0.333. The van der Waals surface area contributed by atoms with Crippen molar-refractivity contribution in [2.75, 3.05) is 5.32 Å². The van der Waals surface area contributed by atoms with Crippen LogP contribution >= 0.6 is 0 Å². The highest BCUT2D eigenvalue weighted by Gasteiger charge is 2.32. The van der Waals surface area contributed by atoms with Crippen LogP contribution in [-0.2, 0) is 11.0 Å². The van der Waals surface area contributed by atoms with Gasteiger partial charge < -0.3 is 16.2 Å². The first-order valence-corrected chi connectivity index (χ1v) is 5.48. The molecule has 5 nitrogen and oxygen atoms in total. The molecule has 1 aromatic carbocycles. The summed E-state index contributed by atoms with van der Waals surface area (Å²) in [4.78, 5) is 22.6. The largest absolute Gasteiger partial charge is 0.478 e. The van der Waals surface area contributed by atoms with E-state index in [0.717, 1.165) is 6.07 Å². The first-order valence-electron chi connectivity index (χ1n) is 5.48. The Morgan fingerprint density at radius 1 is 1.25 bits per heavy atom. The van der Waals surface area contributed by atoms with Gasteiger partial charge in [0.1, 0.15) is 0 Å². The number of hydrogen-bond donors (Lipinski definition) is 3. The Morgan fingerprint density at radius 3 is 2.20 bits per heavy atom. The van der Waals surface area contributed by atoms with Crippen LogP contribution < -0.4 is 11.1 Å². The van der Waals surface area contributed by atoms with Crippen molar-refractivity contribution in [3.8, 4) is 0 Å². The van der Waals surface area contributed by atoms with Crippen LogP contribution in [0.3, 0.4) is 0 Å². The first-order chi connectivity index (χ1) is 8.93. The van der Waals surface area contributed by atoms with Crippen LogP contribution in [0.2, 0.25) is 0 Å². The Morgan fingerprint density at radius 2 is 1.80 bits per heavy atom. The summed E-state index contributed by atoms with van der Waals surface area (Å²) in [6.45, 7) is 2.69. The van der Waals surface area contributed by atoms with Gasteiger partial charge in [-0.05, 0) is 32.0 Å². The van der Waals surface area contributed by atoms with Gasteiger partial charge >= 0.3 is 12.1 Å². The zero-order chi connectivity index (χ0) is 15.7. The molecule has 110 valence electrons. The van der Waals surface area contributed by atoms with E-state index in [0.29, 0.717) is 12.1 Å². The number of carbonyl (C=O) groups excluding carboxylic acids is 1. The van der Waals surface area contributed by atoms with Gasteiger partial charge in [-0.3, -0.25) is 4.79 Å². The van der Waals surface area contributed by atoms with Crippen molar-refractivity contribution in [3.63, 3.8) is 0 Å². The molecule has 1 rings (SSSR count). The van der Waals surface area contributed by atoms with Crippen molar-refractivity contribution in [1.82, 2.24) is 0 Å². The lowest BCUT2D eigenvalue weighted by Gasteiger charge is -2.19. The molecule has 0 aromatic heterocycles. The SMILES string of the molecule is CC(C)(N)C(=O)Nc1cc(C(F)(F)F)ccc1C(=O)O. The fourth-order valence-corrected chi connectivity index (χ4v) is 1.29. The van der Waals surface area contributed by atoms with E-state index in [1.165, 1.54) is 13.8 Å². The van der Waals surface area contributed by atoms with Gasteiger partial charge in [-0.2, -0.15) is 13.2 Å². The summed E-state index contributed by atoms with van der Waals surface area (Å²) >= 11 is 0. The van der Waals surface area contributed by atoms with Crippen molar-refractivity contribution < 1.29 is 27.9 Å². The predicted octanol–water partition coefficient (Wildman–Crippen LogP) is 2.08. The second-order valence-electron chi connectivity index (χ2n) is 4.74. The van der Waals surface area contributed by atoms with E-state index in [9.17, 15) is 22.8 Å². The summed E-state index contributed by atoms with van der Waals surface area (Å²) < 4.78 is 37.8. The topological polar surface area (TPSA) is 92.4 Å². The number of benzene rings is 1. The number of carbonyl (C=O) groups is 2. The van der Waals surface area contributed by atoms with E-state index < -0.39 is 40.4 Å². The van der Waals surface area contributed by atoms with Gasteiger partial charge in [-0.25, -0.2) is 4.79 Å². The van der Waals surface area contributed by atoms with E-state index in [1.54, 1.807) is 0 Å². The van der Waals surface area contributed by atoms with Gasteiger partial charge in [0.25, 0.3) is 0 Å². The second-order valence-corrected chi connectivity index (χ2v) is 4.74. The smallest absolute Gasteiger partial charge is 0.416 e. The van der Waals surface area contributed by atoms with Crippen molar-refractivity contribution in [2.45, 2.75) is 25.6 Å². The molecule has 0 atom stereocenters. The lowest BCUT2D eigenvalue weighted by Crippen LogP contribution is -2.45. The fourth-order valence-electron chi connectivity index (χ4n) is 1.29. The van der Waals surface area contributed by atoms with E-state index >= 15 is 0 Å². The lowest BCUT2D eigenvalue weighted by molar-refractivity contribution is -0.137. The molecule has 4 N–H and O–H groups in total. The number of anilines is 1. The minimum absolute atomic E-state index is 0.448. The van der Waals surface area contributed by atoms with Crippen LogP contribution in [0.1, 0.15) is 29.8 Å². The molecule has 0 aliphatic rings. The van der Waals surface area contributed by atoms with Gasteiger partial charge in [-0.15, -0.1) is 0 Å². The van der Waals surface area contributed by atoms with Crippen LogP contribution in [-0.4, -0.2) is 22.5 Å². The molecule has 1 amide bonds. The van der Waals surface area contributed by atoms with Gasteiger partial charge in [0, 0.05) is 0 Å². The van der Waals surface area contributed by atoms with Crippen LogP contribution in [0.4, 0.5) is 18.9 Å². The zero-order valence-corrected chi connectivity index (χ0v) is 10.7. The van der Waals surface area contributed by atoms with E-state index in [4.69, 9.17) is 10.8 Å². The minimum atomic E-state index is -4.64. The van der Waals surface area contributed by atoms with Crippen molar-refractivity contribution in [2.24, 2.45) is 5.73 Å². The van der Waals surface area contributed by atoms with Gasteiger partial charge in [0.05, 0.1) is 22.4 Å². The maximum absolute atomic E-state index is 12.6. The molecule has 0 aliphatic heterocycles. The molecular weight excluding hydrogens is 277 g/mol. The highest BCUT2D eigenvalue weighted by atomic mass is 19.4. The Bertz CT molecular complexity index is 548. The monoisotopic (exact) mass is 290 g/mol. The highest BCUT2D eigenvalue weighted by molar-refractivity contribution is 6.03. The number of halogens is 3. The number of alkyl halides is 3. The maximum atomic E-state index is 12.6. The number of rotatable bonds is 3.